The minimum absolute atomic E-state index is 0.116. The second kappa shape index (κ2) is 9.43. The molecule has 23 heavy (non-hydrogen) atoms. The van der Waals surface area contributed by atoms with Crippen molar-refractivity contribution in [2.45, 2.75) is 44.4 Å². The zero-order valence-corrected chi connectivity index (χ0v) is 12.9. The van der Waals surface area contributed by atoms with Crippen molar-refractivity contribution >= 4 is 5.97 Å². The van der Waals surface area contributed by atoms with Gasteiger partial charge in [0.2, 0.25) is 0 Å². The van der Waals surface area contributed by atoms with Gasteiger partial charge in [-0.2, -0.15) is 0 Å². The maximum Gasteiger partial charge on any atom is 0.341 e. The Morgan fingerprint density at radius 1 is 1.26 bits per heavy atom. The van der Waals surface area contributed by atoms with Crippen molar-refractivity contribution in [1.29, 1.82) is 0 Å². The number of nitrogens with two attached hydrogens (primary N) is 1. The van der Waals surface area contributed by atoms with Crippen molar-refractivity contribution in [3.8, 4) is 5.75 Å². The number of nitrogens with one attached hydrogen (secondary N) is 1. The first-order valence-corrected chi connectivity index (χ1v) is 7.27. The standard InChI is InChI=1S/C15H24N2O6/c1-9(18)6-13(19)17-12(15(16)22)7-10-2-4-11(5-3-10)23-8-14(20)21/h2-5,9,12-13,15,17-19,22H,6-8,16H2,1H3,(H,20,21)/t9-,12+,13?,15?/m1/s1. The summed E-state index contributed by atoms with van der Waals surface area (Å²) in [6.45, 7) is 1.13. The molecule has 2 unspecified atom stereocenters. The molecule has 0 aliphatic carbocycles. The summed E-state index contributed by atoms with van der Waals surface area (Å²) in [6, 6.07) is 6.06. The van der Waals surface area contributed by atoms with E-state index in [1.807, 2.05) is 0 Å². The van der Waals surface area contributed by atoms with Gasteiger partial charge < -0.3 is 30.9 Å². The van der Waals surface area contributed by atoms with Crippen molar-refractivity contribution in [1.82, 2.24) is 5.32 Å². The van der Waals surface area contributed by atoms with Gasteiger partial charge in [-0.1, -0.05) is 12.1 Å². The van der Waals surface area contributed by atoms with E-state index in [9.17, 15) is 20.1 Å². The van der Waals surface area contributed by atoms with Gasteiger partial charge >= 0.3 is 5.97 Å². The summed E-state index contributed by atoms with van der Waals surface area (Å²) in [7, 11) is 0. The SMILES string of the molecule is C[C@@H](O)CC(O)N[C@@H](Cc1ccc(OCC(=O)O)cc1)C(N)O. The van der Waals surface area contributed by atoms with Gasteiger partial charge in [0.15, 0.2) is 6.61 Å². The van der Waals surface area contributed by atoms with E-state index in [2.05, 4.69) is 5.32 Å². The number of hydrogen-bond donors (Lipinski definition) is 6. The van der Waals surface area contributed by atoms with Crippen LogP contribution in [-0.4, -0.2) is 57.6 Å². The van der Waals surface area contributed by atoms with E-state index in [0.717, 1.165) is 5.56 Å². The normalized spacial score (nSPS) is 16.4. The second-order valence-corrected chi connectivity index (χ2v) is 5.39. The first kappa shape index (κ1) is 19.3. The molecule has 0 saturated carbocycles. The molecule has 0 aliphatic heterocycles. The lowest BCUT2D eigenvalue weighted by Crippen LogP contribution is -2.51. The van der Waals surface area contributed by atoms with E-state index in [1.54, 1.807) is 31.2 Å². The van der Waals surface area contributed by atoms with Gasteiger partial charge in [-0.25, -0.2) is 4.79 Å². The van der Waals surface area contributed by atoms with E-state index in [-0.39, 0.29) is 6.42 Å². The number of aliphatic carboxylic acids is 1. The lowest BCUT2D eigenvalue weighted by atomic mass is 10.0. The molecule has 0 bridgehead atoms. The van der Waals surface area contributed by atoms with E-state index >= 15 is 0 Å². The van der Waals surface area contributed by atoms with Gasteiger partial charge in [0.1, 0.15) is 18.2 Å². The van der Waals surface area contributed by atoms with Crippen LogP contribution < -0.4 is 15.8 Å². The van der Waals surface area contributed by atoms with Crippen LogP contribution in [0.25, 0.3) is 0 Å². The van der Waals surface area contributed by atoms with Crippen LogP contribution in [0.5, 0.6) is 5.75 Å². The Labute approximate surface area is 134 Å². The molecule has 0 aliphatic rings. The molecule has 0 radical (unpaired) electrons. The molecule has 0 spiro atoms. The Morgan fingerprint density at radius 2 is 1.87 bits per heavy atom. The van der Waals surface area contributed by atoms with Crippen LogP contribution in [-0.2, 0) is 11.2 Å². The van der Waals surface area contributed by atoms with E-state index in [4.69, 9.17) is 15.6 Å². The molecular formula is C15H24N2O6. The summed E-state index contributed by atoms with van der Waals surface area (Å²) in [5.74, 6) is -0.639. The van der Waals surface area contributed by atoms with Gasteiger partial charge in [0.05, 0.1) is 12.1 Å². The predicted octanol–water partition coefficient (Wildman–Crippen LogP) is -0.983. The summed E-state index contributed by atoms with van der Waals surface area (Å²) in [6.07, 6.45) is -2.41. The largest absolute Gasteiger partial charge is 0.482 e. The van der Waals surface area contributed by atoms with Crippen molar-refractivity contribution < 1.29 is 30.0 Å². The molecule has 8 nitrogen and oxygen atoms in total. The summed E-state index contributed by atoms with van der Waals surface area (Å²) in [5, 5.41) is 39.9. The zero-order chi connectivity index (χ0) is 17.4. The van der Waals surface area contributed by atoms with Crippen LogP contribution in [0.15, 0.2) is 24.3 Å². The third-order valence-electron chi connectivity index (χ3n) is 3.12. The van der Waals surface area contributed by atoms with E-state index in [1.165, 1.54) is 0 Å². The summed E-state index contributed by atoms with van der Waals surface area (Å²) in [4.78, 5) is 10.4. The minimum atomic E-state index is -1.19. The van der Waals surface area contributed by atoms with Gasteiger partial charge in [-0.05, 0) is 31.0 Å². The molecule has 4 atom stereocenters. The van der Waals surface area contributed by atoms with Crippen LogP contribution in [0.2, 0.25) is 0 Å². The Hall–Kier alpha value is -1.71. The monoisotopic (exact) mass is 328 g/mol. The smallest absolute Gasteiger partial charge is 0.341 e. The van der Waals surface area contributed by atoms with Gasteiger partial charge in [-0.15, -0.1) is 0 Å². The fourth-order valence-electron chi connectivity index (χ4n) is 2.04. The molecule has 8 heteroatoms. The molecule has 0 aromatic heterocycles. The van der Waals surface area contributed by atoms with Crippen molar-refractivity contribution in [2.24, 2.45) is 5.73 Å². The molecule has 7 N–H and O–H groups in total. The molecule has 1 aromatic rings. The number of aliphatic hydroxyl groups is 3. The maximum atomic E-state index is 10.4. The number of carbonyl (C=O) groups is 1. The van der Waals surface area contributed by atoms with Crippen LogP contribution in [0.3, 0.4) is 0 Å². The number of ether oxygens (including phenoxy) is 1. The molecular weight excluding hydrogens is 304 g/mol. The first-order valence-electron chi connectivity index (χ1n) is 7.27. The average Bonchev–Trinajstić information content (AvgIpc) is 2.44. The molecule has 1 rings (SSSR count). The van der Waals surface area contributed by atoms with Crippen molar-refractivity contribution in [3.05, 3.63) is 29.8 Å². The lowest BCUT2D eigenvalue weighted by Gasteiger charge is -2.25. The van der Waals surface area contributed by atoms with E-state index in [0.29, 0.717) is 12.2 Å². The maximum absolute atomic E-state index is 10.4. The van der Waals surface area contributed by atoms with Crippen molar-refractivity contribution in [3.63, 3.8) is 0 Å². The van der Waals surface area contributed by atoms with E-state index < -0.39 is 37.2 Å². The van der Waals surface area contributed by atoms with Crippen LogP contribution >= 0.6 is 0 Å². The average molecular weight is 328 g/mol. The predicted molar refractivity (Wildman–Crippen MR) is 82.7 cm³/mol. The molecule has 0 fully saturated rings. The summed E-state index contributed by atoms with van der Waals surface area (Å²) < 4.78 is 5.03. The highest BCUT2D eigenvalue weighted by Gasteiger charge is 2.20. The third kappa shape index (κ3) is 7.91. The molecule has 130 valence electrons. The number of carboxylic acid groups (broad SMARTS) is 1. The molecule has 0 heterocycles. The van der Waals surface area contributed by atoms with Gasteiger partial charge in [0, 0.05) is 6.42 Å². The van der Waals surface area contributed by atoms with Crippen molar-refractivity contribution in [2.75, 3.05) is 6.61 Å². The minimum Gasteiger partial charge on any atom is -0.482 e. The number of rotatable bonds is 10. The highest BCUT2D eigenvalue weighted by molar-refractivity contribution is 5.68. The quantitative estimate of drug-likeness (QED) is 0.300. The highest BCUT2D eigenvalue weighted by Crippen LogP contribution is 2.14. The van der Waals surface area contributed by atoms with Crippen LogP contribution in [0, 0.1) is 0 Å². The lowest BCUT2D eigenvalue weighted by molar-refractivity contribution is -0.139. The summed E-state index contributed by atoms with van der Waals surface area (Å²) >= 11 is 0. The molecule has 0 amide bonds. The summed E-state index contributed by atoms with van der Waals surface area (Å²) in [5.41, 5.74) is 6.32. The molecule has 1 aromatic carbocycles. The Kier molecular flexibility index (Phi) is 7.93. The van der Waals surface area contributed by atoms with Crippen LogP contribution in [0.1, 0.15) is 18.9 Å². The highest BCUT2D eigenvalue weighted by atomic mass is 16.5. The zero-order valence-electron chi connectivity index (χ0n) is 12.9. The Morgan fingerprint density at radius 3 is 2.35 bits per heavy atom. The Bertz CT molecular complexity index is 477. The topological polar surface area (TPSA) is 145 Å². The van der Waals surface area contributed by atoms with Gasteiger partial charge in [-0.3, -0.25) is 5.32 Å². The number of aliphatic hydroxyl groups excluding tert-OH is 3. The number of carboxylic acids is 1. The van der Waals surface area contributed by atoms with Crippen LogP contribution in [0.4, 0.5) is 0 Å². The number of hydrogen-bond acceptors (Lipinski definition) is 7. The molecule has 0 saturated heterocycles. The fourth-order valence-corrected chi connectivity index (χ4v) is 2.04. The third-order valence-corrected chi connectivity index (χ3v) is 3.12. The second-order valence-electron chi connectivity index (χ2n) is 5.39. The fraction of sp³-hybridized carbons (Fsp3) is 0.533. The first-order chi connectivity index (χ1) is 10.8. The number of benzene rings is 1. The Balaban J connectivity index is 2.60. The van der Waals surface area contributed by atoms with Gasteiger partial charge in [0.25, 0.3) is 0 Å².